The third-order valence-electron chi connectivity index (χ3n) is 3.39. The molecule has 0 bridgehead atoms. The standard InChI is InChI=1S/C19H20N2O4/c1-3-12-25-16-8-5-15(6-9-16)7-11-19(22)20-17-10-4-14(2)13-18(17)21(23)24/h4-11,13H,3,12H2,1-2H3,(H,20,22). The summed E-state index contributed by atoms with van der Waals surface area (Å²) >= 11 is 0. The summed E-state index contributed by atoms with van der Waals surface area (Å²) in [4.78, 5) is 22.6. The highest BCUT2D eigenvalue weighted by Gasteiger charge is 2.14. The second-order valence-corrected chi connectivity index (χ2v) is 5.52. The lowest BCUT2D eigenvalue weighted by Gasteiger charge is -2.05. The lowest BCUT2D eigenvalue weighted by molar-refractivity contribution is -0.384. The summed E-state index contributed by atoms with van der Waals surface area (Å²) in [5.41, 5.74) is 1.63. The van der Waals surface area contributed by atoms with Crippen molar-refractivity contribution >= 4 is 23.4 Å². The molecule has 0 fully saturated rings. The van der Waals surface area contributed by atoms with Crippen molar-refractivity contribution in [3.05, 3.63) is 69.8 Å². The first-order valence-corrected chi connectivity index (χ1v) is 7.96. The number of nitro benzene ring substituents is 1. The summed E-state index contributed by atoms with van der Waals surface area (Å²) in [6.45, 7) is 4.45. The number of hydrogen-bond donors (Lipinski definition) is 1. The fourth-order valence-electron chi connectivity index (χ4n) is 2.14. The number of amides is 1. The number of hydrogen-bond acceptors (Lipinski definition) is 4. The van der Waals surface area contributed by atoms with Crippen LogP contribution in [0.1, 0.15) is 24.5 Å². The molecule has 0 saturated carbocycles. The van der Waals surface area contributed by atoms with Gasteiger partial charge in [0.1, 0.15) is 11.4 Å². The van der Waals surface area contributed by atoms with Crippen molar-refractivity contribution in [1.29, 1.82) is 0 Å². The van der Waals surface area contributed by atoms with Gasteiger partial charge in [0.05, 0.1) is 11.5 Å². The van der Waals surface area contributed by atoms with Gasteiger partial charge in [-0.1, -0.05) is 25.1 Å². The molecule has 0 atom stereocenters. The van der Waals surface area contributed by atoms with E-state index in [0.717, 1.165) is 23.3 Å². The van der Waals surface area contributed by atoms with Crippen LogP contribution in [0.2, 0.25) is 0 Å². The van der Waals surface area contributed by atoms with Crippen molar-refractivity contribution in [2.45, 2.75) is 20.3 Å². The molecule has 0 heterocycles. The topological polar surface area (TPSA) is 81.5 Å². The van der Waals surface area contributed by atoms with Gasteiger partial charge in [0.15, 0.2) is 0 Å². The average molecular weight is 340 g/mol. The fourth-order valence-corrected chi connectivity index (χ4v) is 2.14. The molecule has 6 heteroatoms. The Morgan fingerprint density at radius 1 is 1.24 bits per heavy atom. The van der Waals surface area contributed by atoms with Crippen LogP contribution < -0.4 is 10.1 Å². The molecule has 0 spiro atoms. The molecule has 2 aromatic rings. The summed E-state index contributed by atoms with van der Waals surface area (Å²) in [7, 11) is 0. The highest BCUT2D eigenvalue weighted by atomic mass is 16.6. The largest absolute Gasteiger partial charge is 0.494 e. The molecule has 2 aromatic carbocycles. The molecular formula is C19H20N2O4. The molecule has 0 aliphatic rings. The number of carbonyl (C=O) groups excluding carboxylic acids is 1. The number of benzene rings is 2. The fraction of sp³-hybridized carbons (Fsp3) is 0.211. The van der Waals surface area contributed by atoms with E-state index in [1.807, 2.05) is 31.2 Å². The molecule has 0 radical (unpaired) electrons. The number of nitrogens with zero attached hydrogens (tertiary/aromatic N) is 1. The molecule has 1 amide bonds. The zero-order valence-corrected chi connectivity index (χ0v) is 14.2. The Hall–Kier alpha value is -3.15. The second kappa shape index (κ2) is 8.63. The van der Waals surface area contributed by atoms with Crippen molar-refractivity contribution in [2.24, 2.45) is 0 Å². The first-order valence-electron chi connectivity index (χ1n) is 7.96. The van der Waals surface area contributed by atoms with Crippen molar-refractivity contribution in [1.82, 2.24) is 0 Å². The number of rotatable bonds is 7. The quantitative estimate of drug-likeness (QED) is 0.462. The van der Waals surface area contributed by atoms with Crippen molar-refractivity contribution in [3.63, 3.8) is 0 Å². The van der Waals surface area contributed by atoms with Gasteiger partial charge in [-0.25, -0.2) is 0 Å². The van der Waals surface area contributed by atoms with Gasteiger partial charge in [0, 0.05) is 12.1 Å². The van der Waals surface area contributed by atoms with E-state index in [0.29, 0.717) is 6.61 Å². The van der Waals surface area contributed by atoms with Crippen LogP contribution in [-0.4, -0.2) is 17.4 Å². The third kappa shape index (κ3) is 5.46. The third-order valence-corrected chi connectivity index (χ3v) is 3.39. The van der Waals surface area contributed by atoms with Gasteiger partial charge in [-0.05, 0) is 48.7 Å². The highest BCUT2D eigenvalue weighted by Crippen LogP contribution is 2.25. The molecule has 1 N–H and O–H groups in total. The van der Waals surface area contributed by atoms with E-state index in [1.165, 1.54) is 18.2 Å². The Labute approximate surface area is 146 Å². The number of aryl methyl sites for hydroxylation is 1. The minimum atomic E-state index is -0.513. The molecule has 0 unspecified atom stereocenters. The van der Waals surface area contributed by atoms with Crippen LogP contribution >= 0.6 is 0 Å². The van der Waals surface area contributed by atoms with E-state index in [-0.39, 0.29) is 11.4 Å². The molecule has 6 nitrogen and oxygen atoms in total. The molecule has 130 valence electrons. The Kier molecular flexibility index (Phi) is 6.28. The predicted molar refractivity (Wildman–Crippen MR) is 97.7 cm³/mol. The Morgan fingerprint density at radius 3 is 2.60 bits per heavy atom. The van der Waals surface area contributed by atoms with Crippen LogP contribution in [0, 0.1) is 17.0 Å². The van der Waals surface area contributed by atoms with E-state index in [1.54, 1.807) is 19.1 Å². The number of carbonyl (C=O) groups is 1. The molecule has 0 aliphatic heterocycles. The van der Waals surface area contributed by atoms with E-state index in [2.05, 4.69) is 5.32 Å². The summed E-state index contributed by atoms with van der Waals surface area (Å²) in [6.07, 6.45) is 3.91. The van der Waals surface area contributed by atoms with Crippen molar-refractivity contribution < 1.29 is 14.5 Å². The van der Waals surface area contributed by atoms with Crippen LogP contribution in [-0.2, 0) is 4.79 Å². The Morgan fingerprint density at radius 2 is 1.96 bits per heavy atom. The molecule has 0 aromatic heterocycles. The average Bonchev–Trinajstić information content (AvgIpc) is 2.60. The number of nitrogens with one attached hydrogen (secondary N) is 1. The summed E-state index contributed by atoms with van der Waals surface area (Å²) in [5.74, 6) is 0.344. The molecule has 25 heavy (non-hydrogen) atoms. The zero-order valence-electron chi connectivity index (χ0n) is 14.2. The van der Waals surface area contributed by atoms with Gasteiger partial charge in [-0.15, -0.1) is 0 Å². The van der Waals surface area contributed by atoms with Gasteiger partial charge in [0.25, 0.3) is 5.69 Å². The SMILES string of the molecule is CCCOc1ccc(C=CC(=O)Nc2ccc(C)cc2[N+](=O)[O-])cc1. The summed E-state index contributed by atoms with van der Waals surface area (Å²) < 4.78 is 5.49. The monoisotopic (exact) mass is 340 g/mol. The lowest BCUT2D eigenvalue weighted by Crippen LogP contribution is -2.09. The highest BCUT2D eigenvalue weighted by molar-refractivity contribution is 6.03. The van der Waals surface area contributed by atoms with Gasteiger partial charge in [-0.2, -0.15) is 0 Å². The first kappa shape index (κ1) is 18.2. The van der Waals surface area contributed by atoms with Gasteiger partial charge in [0.2, 0.25) is 5.91 Å². The molecular weight excluding hydrogens is 320 g/mol. The van der Waals surface area contributed by atoms with Gasteiger partial charge < -0.3 is 10.1 Å². The summed E-state index contributed by atoms with van der Waals surface area (Å²) in [6, 6.07) is 12.0. The zero-order chi connectivity index (χ0) is 18.2. The smallest absolute Gasteiger partial charge is 0.293 e. The summed E-state index contributed by atoms with van der Waals surface area (Å²) in [5, 5.41) is 13.6. The lowest BCUT2D eigenvalue weighted by atomic mass is 10.2. The number of nitro groups is 1. The maximum Gasteiger partial charge on any atom is 0.293 e. The predicted octanol–water partition coefficient (Wildman–Crippen LogP) is 4.34. The van der Waals surface area contributed by atoms with Gasteiger partial charge in [-0.3, -0.25) is 14.9 Å². The van der Waals surface area contributed by atoms with Crippen LogP contribution in [0.4, 0.5) is 11.4 Å². The maximum absolute atomic E-state index is 12.0. The van der Waals surface area contributed by atoms with E-state index < -0.39 is 10.8 Å². The van der Waals surface area contributed by atoms with Gasteiger partial charge >= 0.3 is 0 Å². The molecule has 2 rings (SSSR count). The minimum Gasteiger partial charge on any atom is -0.494 e. The van der Waals surface area contributed by atoms with E-state index in [9.17, 15) is 14.9 Å². The normalized spacial score (nSPS) is 10.6. The first-order chi connectivity index (χ1) is 12.0. The van der Waals surface area contributed by atoms with Crippen molar-refractivity contribution in [3.8, 4) is 5.75 Å². The van der Waals surface area contributed by atoms with Crippen LogP contribution in [0.3, 0.4) is 0 Å². The second-order valence-electron chi connectivity index (χ2n) is 5.52. The Balaban J connectivity index is 2.02. The Bertz CT molecular complexity index is 783. The maximum atomic E-state index is 12.0. The molecule has 0 aliphatic carbocycles. The minimum absolute atomic E-state index is 0.126. The van der Waals surface area contributed by atoms with Crippen molar-refractivity contribution in [2.75, 3.05) is 11.9 Å². The van der Waals surface area contributed by atoms with Crippen LogP contribution in [0.5, 0.6) is 5.75 Å². The van der Waals surface area contributed by atoms with Crippen LogP contribution in [0.25, 0.3) is 6.08 Å². The van der Waals surface area contributed by atoms with E-state index in [4.69, 9.17) is 4.74 Å². The van der Waals surface area contributed by atoms with E-state index >= 15 is 0 Å². The number of anilines is 1. The number of ether oxygens (including phenoxy) is 1. The molecule has 0 saturated heterocycles. The van der Waals surface area contributed by atoms with Crippen LogP contribution in [0.15, 0.2) is 48.5 Å².